The summed E-state index contributed by atoms with van der Waals surface area (Å²) >= 11 is 3.19. The van der Waals surface area contributed by atoms with Crippen LogP contribution in [0.2, 0.25) is 0 Å². The molecule has 0 fully saturated rings. The number of hydrogen-bond donors (Lipinski definition) is 1. The summed E-state index contributed by atoms with van der Waals surface area (Å²) in [4.78, 5) is 8.55. The first-order valence-electron chi connectivity index (χ1n) is 5.89. The van der Waals surface area contributed by atoms with Gasteiger partial charge in [-0.2, -0.15) is 0 Å². The molecule has 0 unspecified atom stereocenters. The average Bonchev–Trinajstić information content (AvgIpc) is 2.77. The lowest BCUT2D eigenvalue weighted by atomic mass is 10.2. The maximum absolute atomic E-state index is 14.0. The highest BCUT2D eigenvalue weighted by Gasteiger charge is 2.13. The molecule has 0 radical (unpaired) electrons. The van der Waals surface area contributed by atoms with Gasteiger partial charge in [0.15, 0.2) is 0 Å². The van der Waals surface area contributed by atoms with Crippen LogP contribution in [-0.2, 0) is 0 Å². The van der Waals surface area contributed by atoms with Crippen LogP contribution in [0.25, 0.3) is 20.3 Å². The minimum absolute atomic E-state index is 0.238. The number of fused-ring (bicyclic) bond motifs is 3. The van der Waals surface area contributed by atoms with Crippen LogP contribution in [0.15, 0.2) is 23.5 Å². The number of anilines is 1. The summed E-state index contributed by atoms with van der Waals surface area (Å²) in [5.41, 5.74) is 1.38. The van der Waals surface area contributed by atoms with Crippen LogP contribution >= 0.6 is 23.1 Å². The van der Waals surface area contributed by atoms with Gasteiger partial charge < -0.3 is 5.32 Å². The van der Waals surface area contributed by atoms with Gasteiger partial charge in [-0.25, -0.2) is 14.4 Å². The van der Waals surface area contributed by atoms with Crippen molar-refractivity contribution in [1.29, 1.82) is 0 Å². The molecule has 0 aliphatic rings. The van der Waals surface area contributed by atoms with Crippen molar-refractivity contribution >= 4 is 49.1 Å². The number of aromatic nitrogens is 2. The van der Waals surface area contributed by atoms with E-state index in [-0.39, 0.29) is 5.82 Å². The van der Waals surface area contributed by atoms with E-state index in [0.717, 1.165) is 25.3 Å². The number of halogens is 1. The predicted octanol–water partition coefficient (Wildman–Crippen LogP) is 4.14. The molecule has 0 spiro atoms. The number of nitrogens with one attached hydrogen (secondary N) is 1. The maximum Gasteiger partial charge on any atom is 0.147 e. The largest absolute Gasteiger partial charge is 0.383 e. The summed E-state index contributed by atoms with van der Waals surface area (Å²) in [6.45, 7) is 2.65. The summed E-state index contributed by atoms with van der Waals surface area (Å²) < 4.78 is 16.0. The zero-order chi connectivity index (χ0) is 13.4. The molecule has 2 aromatic heterocycles. The van der Waals surface area contributed by atoms with E-state index in [1.807, 2.05) is 19.2 Å². The summed E-state index contributed by atoms with van der Waals surface area (Å²) in [7, 11) is 0. The summed E-state index contributed by atoms with van der Waals surface area (Å²) in [5, 5.41) is 4.83. The van der Waals surface area contributed by atoms with Crippen molar-refractivity contribution in [3.8, 4) is 0 Å². The van der Waals surface area contributed by atoms with Gasteiger partial charge in [0.1, 0.15) is 17.2 Å². The van der Waals surface area contributed by atoms with Gasteiger partial charge in [0.2, 0.25) is 0 Å². The molecule has 0 aliphatic carbocycles. The van der Waals surface area contributed by atoms with Crippen molar-refractivity contribution in [2.75, 3.05) is 18.1 Å². The van der Waals surface area contributed by atoms with Gasteiger partial charge in [0.25, 0.3) is 0 Å². The Balaban J connectivity index is 2.33. The number of thiophene rings is 1. The molecule has 2 heterocycles. The van der Waals surface area contributed by atoms with Gasteiger partial charge in [-0.3, -0.25) is 0 Å². The molecule has 0 aliphatic heterocycles. The average molecular weight is 293 g/mol. The number of benzene rings is 1. The first kappa shape index (κ1) is 12.6. The van der Waals surface area contributed by atoms with E-state index in [9.17, 15) is 4.39 Å². The molecule has 98 valence electrons. The normalized spacial score (nSPS) is 11.3. The highest BCUT2D eigenvalue weighted by atomic mass is 32.2. The highest BCUT2D eigenvalue weighted by Crippen LogP contribution is 2.38. The number of nitrogens with zero attached hydrogens (tertiary/aromatic N) is 2. The van der Waals surface area contributed by atoms with E-state index in [0.29, 0.717) is 12.2 Å². The molecular weight excluding hydrogens is 281 g/mol. The fraction of sp³-hybridized carbons (Fsp3) is 0.231. The second-order valence-electron chi connectivity index (χ2n) is 4.02. The van der Waals surface area contributed by atoms with Gasteiger partial charge in [-0.1, -0.05) is 0 Å². The monoisotopic (exact) mass is 293 g/mol. The summed E-state index contributed by atoms with van der Waals surface area (Å²) in [6, 6.07) is 3.41. The Labute approximate surface area is 118 Å². The van der Waals surface area contributed by atoms with Crippen molar-refractivity contribution < 1.29 is 4.39 Å². The van der Waals surface area contributed by atoms with E-state index >= 15 is 0 Å². The Bertz CT molecular complexity index is 754. The summed E-state index contributed by atoms with van der Waals surface area (Å²) in [6.07, 6.45) is 3.52. The van der Waals surface area contributed by atoms with Crippen LogP contribution < -0.4 is 5.32 Å². The van der Waals surface area contributed by atoms with Crippen LogP contribution in [0.3, 0.4) is 0 Å². The Morgan fingerprint density at radius 1 is 1.37 bits per heavy atom. The van der Waals surface area contributed by atoms with Crippen LogP contribution in [0, 0.1) is 5.82 Å². The van der Waals surface area contributed by atoms with Gasteiger partial charge in [-0.15, -0.1) is 23.1 Å². The Hall–Kier alpha value is -1.40. The van der Waals surface area contributed by atoms with Crippen molar-refractivity contribution in [2.24, 2.45) is 0 Å². The molecular formula is C13H12FN3S2. The Morgan fingerprint density at radius 2 is 2.21 bits per heavy atom. The Morgan fingerprint density at radius 3 is 2.95 bits per heavy atom. The third-order valence-corrected chi connectivity index (χ3v) is 4.84. The zero-order valence-corrected chi connectivity index (χ0v) is 12.2. The third-order valence-electron chi connectivity index (χ3n) is 2.87. The van der Waals surface area contributed by atoms with Crippen LogP contribution in [0.4, 0.5) is 10.1 Å². The van der Waals surface area contributed by atoms with E-state index in [4.69, 9.17) is 0 Å². The topological polar surface area (TPSA) is 37.8 Å². The van der Waals surface area contributed by atoms with E-state index in [2.05, 4.69) is 15.3 Å². The van der Waals surface area contributed by atoms with Crippen LogP contribution in [-0.4, -0.2) is 22.8 Å². The molecule has 3 aromatic rings. The zero-order valence-electron chi connectivity index (χ0n) is 10.5. The first-order chi connectivity index (χ1) is 9.24. The second kappa shape index (κ2) is 4.94. The number of hydrogen-bond acceptors (Lipinski definition) is 5. The lowest BCUT2D eigenvalue weighted by Gasteiger charge is -2.04. The Kier molecular flexibility index (Phi) is 3.28. The van der Waals surface area contributed by atoms with E-state index < -0.39 is 0 Å². The van der Waals surface area contributed by atoms with Crippen molar-refractivity contribution in [2.45, 2.75) is 11.9 Å². The standard InChI is InChI=1S/C13H12FN3S2/c1-3-15-9-5-10-7(4-8(9)14)11-12(19-10)13(18-2)17-6-16-11/h4-6,15H,3H2,1-2H3. The molecule has 0 amide bonds. The quantitative estimate of drug-likeness (QED) is 0.582. The molecule has 0 bridgehead atoms. The molecule has 3 rings (SSSR count). The molecule has 6 heteroatoms. The lowest BCUT2D eigenvalue weighted by molar-refractivity contribution is 0.632. The number of thioether (sulfide) groups is 1. The van der Waals surface area contributed by atoms with Crippen LogP contribution in [0.1, 0.15) is 6.92 Å². The van der Waals surface area contributed by atoms with E-state index in [1.54, 1.807) is 29.2 Å². The lowest BCUT2D eigenvalue weighted by Crippen LogP contribution is -1.98. The minimum atomic E-state index is -0.238. The van der Waals surface area contributed by atoms with Crippen LogP contribution in [0.5, 0.6) is 0 Å². The fourth-order valence-electron chi connectivity index (χ4n) is 2.05. The molecule has 0 saturated carbocycles. The molecule has 1 aromatic carbocycles. The van der Waals surface area contributed by atoms with Crippen molar-refractivity contribution in [3.63, 3.8) is 0 Å². The molecule has 1 N–H and O–H groups in total. The molecule has 0 atom stereocenters. The number of rotatable bonds is 3. The molecule has 3 nitrogen and oxygen atoms in total. The minimum Gasteiger partial charge on any atom is -0.383 e. The highest BCUT2D eigenvalue weighted by molar-refractivity contribution is 7.98. The molecule has 0 saturated heterocycles. The van der Waals surface area contributed by atoms with Crippen molar-refractivity contribution in [3.05, 3.63) is 24.3 Å². The molecule has 19 heavy (non-hydrogen) atoms. The van der Waals surface area contributed by atoms with E-state index in [1.165, 1.54) is 6.33 Å². The predicted molar refractivity (Wildman–Crippen MR) is 80.8 cm³/mol. The van der Waals surface area contributed by atoms with Gasteiger partial charge in [-0.05, 0) is 25.3 Å². The smallest absolute Gasteiger partial charge is 0.147 e. The van der Waals surface area contributed by atoms with Gasteiger partial charge >= 0.3 is 0 Å². The SMILES string of the molecule is CCNc1cc2sc3c(SC)ncnc3c2cc1F. The van der Waals surface area contributed by atoms with Gasteiger partial charge in [0, 0.05) is 16.6 Å². The van der Waals surface area contributed by atoms with Crippen molar-refractivity contribution in [1.82, 2.24) is 9.97 Å². The van der Waals surface area contributed by atoms with Gasteiger partial charge in [0.05, 0.1) is 15.9 Å². The summed E-state index contributed by atoms with van der Waals surface area (Å²) in [5.74, 6) is -0.238. The maximum atomic E-state index is 14.0. The third kappa shape index (κ3) is 2.04. The fourth-order valence-corrected chi connectivity index (χ4v) is 3.92. The first-order valence-corrected chi connectivity index (χ1v) is 7.93. The second-order valence-corrected chi connectivity index (χ2v) is 5.87.